The first-order valence-corrected chi connectivity index (χ1v) is 8.53. The van der Waals surface area contributed by atoms with Crippen LogP contribution >= 0.6 is 0 Å². The molecule has 0 atom stereocenters. The van der Waals surface area contributed by atoms with Crippen molar-refractivity contribution in [1.82, 2.24) is 0 Å². The van der Waals surface area contributed by atoms with Gasteiger partial charge in [-0.25, -0.2) is 12.8 Å². The topological polar surface area (TPSA) is 113 Å². The Balaban J connectivity index is 2.41. The maximum Gasteiger partial charge on any atom is 0.310 e. The summed E-state index contributed by atoms with van der Waals surface area (Å²) in [5.41, 5.74) is -0.276. The number of nitro groups is 1. The van der Waals surface area contributed by atoms with Crippen molar-refractivity contribution in [2.45, 2.75) is 11.4 Å². The largest absolute Gasteiger partial charge is 0.375 e. The van der Waals surface area contributed by atoms with Gasteiger partial charge in [0, 0.05) is 18.4 Å². The fraction of sp³-hybridized carbons (Fsp3) is 0.133. The van der Waals surface area contributed by atoms with Crippen LogP contribution in [0, 0.1) is 27.3 Å². The Morgan fingerprint density at radius 2 is 2.04 bits per heavy atom. The average molecular weight is 349 g/mol. The van der Waals surface area contributed by atoms with Crippen LogP contribution in [-0.2, 0) is 16.4 Å². The molecule has 0 aliphatic rings. The summed E-state index contributed by atoms with van der Waals surface area (Å²) in [5.74, 6) is -0.580. The second-order valence-electron chi connectivity index (χ2n) is 4.95. The summed E-state index contributed by atoms with van der Waals surface area (Å²) < 4.78 is 37.1. The fourth-order valence-corrected chi connectivity index (χ4v) is 2.98. The SMILES string of the molecule is CS(=O)(=O)c1cccc(NCc2cc(C#N)ccc2F)c1[N+](=O)[O-]. The van der Waals surface area contributed by atoms with Gasteiger partial charge < -0.3 is 5.32 Å². The number of halogens is 1. The lowest BCUT2D eigenvalue weighted by molar-refractivity contribution is -0.386. The third-order valence-corrected chi connectivity index (χ3v) is 4.35. The zero-order valence-corrected chi connectivity index (χ0v) is 13.3. The molecule has 124 valence electrons. The Morgan fingerprint density at radius 1 is 1.33 bits per heavy atom. The Kier molecular flexibility index (Phi) is 4.80. The van der Waals surface area contributed by atoms with E-state index in [0.717, 1.165) is 18.4 Å². The number of para-hydroxylation sites is 1. The van der Waals surface area contributed by atoms with Gasteiger partial charge in [-0.15, -0.1) is 0 Å². The number of nitriles is 1. The third kappa shape index (κ3) is 3.67. The van der Waals surface area contributed by atoms with Crippen LogP contribution in [0.2, 0.25) is 0 Å². The number of nitrogens with zero attached hydrogens (tertiary/aromatic N) is 2. The molecule has 0 amide bonds. The quantitative estimate of drug-likeness (QED) is 0.656. The van der Waals surface area contributed by atoms with E-state index in [1.807, 2.05) is 6.07 Å². The van der Waals surface area contributed by atoms with Gasteiger partial charge in [-0.05, 0) is 30.3 Å². The molecule has 2 aromatic rings. The van der Waals surface area contributed by atoms with Crippen molar-refractivity contribution < 1.29 is 17.7 Å². The van der Waals surface area contributed by atoms with E-state index in [0.29, 0.717) is 0 Å². The Bertz CT molecular complexity index is 952. The van der Waals surface area contributed by atoms with E-state index in [4.69, 9.17) is 5.26 Å². The highest BCUT2D eigenvalue weighted by molar-refractivity contribution is 7.90. The minimum absolute atomic E-state index is 0.0512. The maximum atomic E-state index is 13.8. The molecule has 0 aliphatic carbocycles. The summed E-state index contributed by atoms with van der Waals surface area (Å²) >= 11 is 0. The van der Waals surface area contributed by atoms with E-state index >= 15 is 0 Å². The molecule has 1 N–H and O–H groups in total. The van der Waals surface area contributed by atoms with Gasteiger partial charge in [0.05, 0.1) is 16.6 Å². The van der Waals surface area contributed by atoms with Crippen molar-refractivity contribution in [3.05, 3.63) is 63.5 Å². The van der Waals surface area contributed by atoms with Crippen LogP contribution in [0.15, 0.2) is 41.3 Å². The number of hydrogen-bond donors (Lipinski definition) is 1. The van der Waals surface area contributed by atoms with E-state index in [1.54, 1.807) is 0 Å². The number of sulfone groups is 1. The molecule has 2 aromatic carbocycles. The smallest absolute Gasteiger partial charge is 0.310 e. The Labute approximate surface area is 137 Å². The molecule has 0 unspecified atom stereocenters. The number of nitrogens with one attached hydrogen (secondary N) is 1. The molecule has 0 aromatic heterocycles. The lowest BCUT2D eigenvalue weighted by Crippen LogP contribution is -2.08. The van der Waals surface area contributed by atoms with E-state index in [1.165, 1.54) is 24.3 Å². The first-order valence-electron chi connectivity index (χ1n) is 6.64. The lowest BCUT2D eigenvalue weighted by atomic mass is 10.1. The Hall–Kier alpha value is -2.99. The first-order chi connectivity index (χ1) is 11.2. The Morgan fingerprint density at radius 3 is 2.62 bits per heavy atom. The molecule has 7 nitrogen and oxygen atoms in total. The molecule has 0 fully saturated rings. The van der Waals surface area contributed by atoms with Crippen molar-refractivity contribution in [3.8, 4) is 6.07 Å². The van der Waals surface area contributed by atoms with Crippen molar-refractivity contribution in [2.24, 2.45) is 0 Å². The van der Waals surface area contributed by atoms with Gasteiger partial charge in [0.1, 0.15) is 16.4 Å². The maximum absolute atomic E-state index is 13.8. The summed E-state index contributed by atoms with van der Waals surface area (Å²) in [4.78, 5) is 10.0. The predicted octanol–water partition coefficient (Wildman–Crippen LogP) is 2.62. The van der Waals surface area contributed by atoms with E-state index in [2.05, 4.69) is 5.32 Å². The van der Waals surface area contributed by atoms with E-state index in [-0.39, 0.29) is 23.4 Å². The van der Waals surface area contributed by atoms with Gasteiger partial charge >= 0.3 is 5.69 Å². The van der Waals surface area contributed by atoms with Gasteiger partial charge in [0.25, 0.3) is 0 Å². The summed E-state index contributed by atoms with van der Waals surface area (Å²) in [5, 5.41) is 22.7. The van der Waals surface area contributed by atoms with Crippen molar-refractivity contribution in [3.63, 3.8) is 0 Å². The van der Waals surface area contributed by atoms with Gasteiger partial charge in [-0.1, -0.05) is 6.07 Å². The normalized spacial score (nSPS) is 10.9. The van der Waals surface area contributed by atoms with Crippen LogP contribution in [0.5, 0.6) is 0 Å². The zero-order valence-electron chi connectivity index (χ0n) is 12.5. The molecule has 0 radical (unpaired) electrons. The molecule has 0 heterocycles. The number of anilines is 1. The average Bonchev–Trinajstić information content (AvgIpc) is 2.52. The van der Waals surface area contributed by atoms with E-state index in [9.17, 15) is 22.9 Å². The van der Waals surface area contributed by atoms with Crippen molar-refractivity contribution in [1.29, 1.82) is 5.26 Å². The molecule has 2 rings (SSSR count). The number of rotatable bonds is 5. The summed E-state index contributed by atoms with van der Waals surface area (Å²) in [7, 11) is -3.80. The molecule has 0 spiro atoms. The lowest BCUT2D eigenvalue weighted by Gasteiger charge is -2.10. The minimum atomic E-state index is -3.80. The molecular formula is C15H12FN3O4S. The minimum Gasteiger partial charge on any atom is -0.375 e. The van der Waals surface area contributed by atoms with Gasteiger partial charge in [-0.3, -0.25) is 10.1 Å². The zero-order chi connectivity index (χ0) is 17.9. The third-order valence-electron chi connectivity index (χ3n) is 3.23. The van der Waals surface area contributed by atoms with Gasteiger partial charge in [0.15, 0.2) is 9.84 Å². The predicted molar refractivity (Wildman–Crippen MR) is 84.6 cm³/mol. The van der Waals surface area contributed by atoms with Crippen molar-refractivity contribution >= 4 is 21.2 Å². The molecular weight excluding hydrogens is 337 g/mol. The van der Waals surface area contributed by atoms with E-state index < -0.39 is 31.2 Å². The van der Waals surface area contributed by atoms with Crippen LogP contribution in [0.3, 0.4) is 0 Å². The second-order valence-corrected chi connectivity index (χ2v) is 6.94. The highest BCUT2D eigenvalue weighted by Crippen LogP contribution is 2.32. The first kappa shape index (κ1) is 17.4. The van der Waals surface area contributed by atoms with Crippen LogP contribution in [0.1, 0.15) is 11.1 Å². The second kappa shape index (κ2) is 6.64. The molecule has 0 bridgehead atoms. The standard InChI is InChI=1S/C15H12FN3O4S/c1-24(22,23)14-4-2-3-13(15(14)19(20)21)18-9-11-7-10(8-17)5-6-12(11)16/h2-7,18H,9H2,1H3. The summed E-state index contributed by atoms with van der Waals surface area (Å²) in [6.45, 7) is -0.143. The van der Waals surface area contributed by atoms with Crippen molar-refractivity contribution in [2.75, 3.05) is 11.6 Å². The fourth-order valence-electron chi connectivity index (χ4n) is 2.12. The molecule has 0 aliphatic heterocycles. The molecule has 0 saturated heterocycles. The van der Waals surface area contributed by atoms with Gasteiger partial charge in [0.2, 0.25) is 0 Å². The summed E-state index contributed by atoms with van der Waals surface area (Å²) in [6.07, 6.45) is 0.870. The van der Waals surface area contributed by atoms with Crippen LogP contribution < -0.4 is 5.32 Å². The highest BCUT2D eigenvalue weighted by atomic mass is 32.2. The molecule has 24 heavy (non-hydrogen) atoms. The molecule has 9 heteroatoms. The number of benzene rings is 2. The summed E-state index contributed by atoms with van der Waals surface area (Å²) in [6, 6.07) is 9.44. The number of nitro benzene ring substituents is 1. The molecule has 0 saturated carbocycles. The van der Waals surface area contributed by atoms with Gasteiger partial charge in [-0.2, -0.15) is 5.26 Å². The van der Waals surface area contributed by atoms with Crippen LogP contribution in [0.4, 0.5) is 15.8 Å². The number of hydrogen-bond acceptors (Lipinski definition) is 6. The van der Waals surface area contributed by atoms with Crippen LogP contribution in [-0.4, -0.2) is 19.6 Å². The monoisotopic (exact) mass is 349 g/mol. The highest BCUT2D eigenvalue weighted by Gasteiger charge is 2.26. The van der Waals surface area contributed by atoms with Crippen LogP contribution in [0.25, 0.3) is 0 Å².